The molecule has 2 saturated heterocycles. The highest BCUT2D eigenvalue weighted by Crippen LogP contribution is 2.33. The lowest BCUT2D eigenvalue weighted by molar-refractivity contribution is -0.0747. The van der Waals surface area contributed by atoms with Crippen molar-refractivity contribution in [2.75, 3.05) is 39.3 Å². The monoisotopic (exact) mass is 240 g/mol. The molecular formula is C14H28N2O. The van der Waals surface area contributed by atoms with Crippen LogP contribution in [0.1, 0.15) is 40.0 Å². The van der Waals surface area contributed by atoms with Crippen LogP contribution in [0.5, 0.6) is 0 Å². The van der Waals surface area contributed by atoms with Gasteiger partial charge < -0.3 is 15.0 Å². The number of hydrogen-bond donors (Lipinski definition) is 1. The van der Waals surface area contributed by atoms with E-state index in [1.165, 1.54) is 32.4 Å². The van der Waals surface area contributed by atoms with Gasteiger partial charge in [0, 0.05) is 19.6 Å². The molecule has 0 unspecified atom stereocenters. The summed E-state index contributed by atoms with van der Waals surface area (Å²) in [6.07, 6.45) is 4.02. The van der Waals surface area contributed by atoms with Gasteiger partial charge in [-0.2, -0.15) is 0 Å². The van der Waals surface area contributed by atoms with Crippen LogP contribution in [-0.2, 0) is 4.74 Å². The molecule has 2 rings (SSSR count). The van der Waals surface area contributed by atoms with Crippen molar-refractivity contribution in [3.63, 3.8) is 0 Å². The van der Waals surface area contributed by atoms with Crippen molar-refractivity contribution in [2.24, 2.45) is 5.41 Å². The first kappa shape index (κ1) is 13.3. The Morgan fingerprint density at radius 2 is 1.82 bits per heavy atom. The Hall–Kier alpha value is -0.120. The molecule has 0 saturated carbocycles. The minimum Gasteiger partial charge on any atom is -0.371 e. The van der Waals surface area contributed by atoms with E-state index < -0.39 is 0 Å². The van der Waals surface area contributed by atoms with Gasteiger partial charge in [-0.25, -0.2) is 0 Å². The van der Waals surface area contributed by atoms with E-state index in [9.17, 15) is 0 Å². The summed E-state index contributed by atoms with van der Waals surface area (Å²) in [5.74, 6) is 0. The first-order chi connectivity index (χ1) is 8.05. The van der Waals surface area contributed by atoms with Crippen molar-refractivity contribution in [1.82, 2.24) is 10.2 Å². The fourth-order valence-corrected chi connectivity index (χ4v) is 2.67. The van der Waals surface area contributed by atoms with Crippen molar-refractivity contribution < 1.29 is 4.74 Å². The SMILES string of the molecule is CCC1(C)CCN(CCOC2(C)CNC2)CC1. The Labute approximate surface area is 106 Å². The van der Waals surface area contributed by atoms with Crippen molar-refractivity contribution in [3.05, 3.63) is 0 Å². The molecule has 2 fully saturated rings. The van der Waals surface area contributed by atoms with Crippen molar-refractivity contribution in [2.45, 2.75) is 45.6 Å². The number of nitrogens with zero attached hydrogens (tertiary/aromatic N) is 1. The molecule has 0 spiro atoms. The summed E-state index contributed by atoms with van der Waals surface area (Å²) in [6.45, 7) is 13.5. The van der Waals surface area contributed by atoms with Crippen LogP contribution in [0.2, 0.25) is 0 Å². The molecular weight excluding hydrogens is 212 g/mol. The van der Waals surface area contributed by atoms with Gasteiger partial charge in [-0.1, -0.05) is 20.3 Å². The quantitative estimate of drug-likeness (QED) is 0.794. The molecule has 100 valence electrons. The Bertz CT molecular complexity index is 243. The predicted molar refractivity (Wildman–Crippen MR) is 71.3 cm³/mol. The van der Waals surface area contributed by atoms with E-state index in [1.807, 2.05) is 0 Å². The van der Waals surface area contributed by atoms with Gasteiger partial charge in [-0.05, 0) is 38.3 Å². The summed E-state index contributed by atoms with van der Waals surface area (Å²) in [5.41, 5.74) is 0.717. The normalized spacial score (nSPS) is 27.7. The van der Waals surface area contributed by atoms with Gasteiger partial charge in [0.2, 0.25) is 0 Å². The number of likely N-dealkylation sites (tertiary alicyclic amines) is 1. The smallest absolute Gasteiger partial charge is 0.0902 e. The Morgan fingerprint density at radius 1 is 1.18 bits per heavy atom. The number of nitrogens with one attached hydrogen (secondary N) is 1. The summed E-state index contributed by atoms with van der Waals surface area (Å²) in [5, 5.41) is 3.27. The fraction of sp³-hybridized carbons (Fsp3) is 1.00. The molecule has 0 aromatic rings. The van der Waals surface area contributed by atoms with E-state index in [0.717, 1.165) is 26.2 Å². The van der Waals surface area contributed by atoms with Crippen LogP contribution >= 0.6 is 0 Å². The molecule has 0 aromatic heterocycles. The topological polar surface area (TPSA) is 24.5 Å². The zero-order valence-electron chi connectivity index (χ0n) is 11.7. The lowest BCUT2D eigenvalue weighted by atomic mass is 9.78. The van der Waals surface area contributed by atoms with Crippen LogP contribution in [0.4, 0.5) is 0 Å². The summed E-state index contributed by atoms with van der Waals surface area (Å²) in [6, 6.07) is 0. The second-order valence-electron chi connectivity index (χ2n) is 6.41. The molecule has 3 heteroatoms. The lowest BCUT2D eigenvalue weighted by Gasteiger charge is -2.41. The van der Waals surface area contributed by atoms with E-state index in [1.54, 1.807) is 0 Å². The first-order valence-electron chi connectivity index (χ1n) is 7.12. The maximum absolute atomic E-state index is 5.94. The van der Waals surface area contributed by atoms with Crippen LogP contribution in [0.3, 0.4) is 0 Å². The highest BCUT2D eigenvalue weighted by molar-refractivity contribution is 4.90. The second kappa shape index (κ2) is 5.25. The van der Waals surface area contributed by atoms with Gasteiger partial charge in [-0.3, -0.25) is 0 Å². The standard InChI is InChI=1S/C14H28N2O/c1-4-13(2)5-7-16(8-6-13)9-10-17-14(3)11-15-12-14/h15H,4-12H2,1-3H3. The third kappa shape index (κ3) is 3.43. The average Bonchev–Trinajstić information content (AvgIpc) is 2.30. The van der Waals surface area contributed by atoms with Crippen molar-refractivity contribution >= 4 is 0 Å². The van der Waals surface area contributed by atoms with E-state index in [0.29, 0.717) is 5.41 Å². The molecule has 2 aliphatic rings. The minimum absolute atomic E-state index is 0.119. The maximum atomic E-state index is 5.94. The highest BCUT2D eigenvalue weighted by Gasteiger charge is 2.33. The average molecular weight is 240 g/mol. The van der Waals surface area contributed by atoms with Gasteiger partial charge >= 0.3 is 0 Å². The Balaban J connectivity index is 1.61. The molecule has 2 heterocycles. The molecule has 1 N–H and O–H groups in total. The number of piperidine rings is 1. The summed E-state index contributed by atoms with van der Waals surface area (Å²) >= 11 is 0. The molecule has 0 radical (unpaired) electrons. The van der Waals surface area contributed by atoms with Gasteiger partial charge in [0.05, 0.1) is 12.2 Å². The fourth-order valence-electron chi connectivity index (χ4n) is 2.67. The van der Waals surface area contributed by atoms with Gasteiger partial charge in [-0.15, -0.1) is 0 Å². The Kier molecular flexibility index (Phi) is 4.11. The van der Waals surface area contributed by atoms with Crippen LogP contribution in [-0.4, -0.2) is 49.8 Å². The molecule has 0 atom stereocenters. The van der Waals surface area contributed by atoms with E-state index in [2.05, 4.69) is 31.0 Å². The third-order valence-electron chi connectivity index (χ3n) is 4.77. The number of rotatable bonds is 5. The van der Waals surface area contributed by atoms with Crippen LogP contribution in [0.25, 0.3) is 0 Å². The zero-order valence-corrected chi connectivity index (χ0v) is 11.7. The minimum atomic E-state index is 0.119. The van der Waals surface area contributed by atoms with E-state index in [-0.39, 0.29) is 5.60 Å². The van der Waals surface area contributed by atoms with E-state index in [4.69, 9.17) is 4.74 Å². The maximum Gasteiger partial charge on any atom is 0.0902 e. The van der Waals surface area contributed by atoms with Crippen LogP contribution in [0, 0.1) is 5.41 Å². The largest absolute Gasteiger partial charge is 0.371 e. The summed E-state index contributed by atoms with van der Waals surface area (Å²) < 4.78 is 5.94. The van der Waals surface area contributed by atoms with E-state index >= 15 is 0 Å². The van der Waals surface area contributed by atoms with Crippen molar-refractivity contribution in [3.8, 4) is 0 Å². The highest BCUT2D eigenvalue weighted by atomic mass is 16.5. The van der Waals surface area contributed by atoms with Crippen LogP contribution < -0.4 is 5.32 Å². The lowest BCUT2D eigenvalue weighted by Crippen LogP contribution is -2.59. The Morgan fingerprint density at radius 3 is 2.29 bits per heavy atom. The zero-order chi connectivity index (χ0) is 12.4. The molecule has 0 amide bonds. The molecule has 0 bridgehead atoms. The predicted octanol–water partition coefficient (Wildman–Crippen LogP) is 1.88. The molecule has 2 aliphatic heterocycles. The van der Waals surface area contributed by atoms with Crippen LogP contribution in [0.15, 0.2) is 0 Å². The van der Waals surface area contributed by atoms with Gasteiger partial charge in [0.1, 0.15) is 0 Å². The van der Waals surface area contributed by atoms with Gasteiger partial charge in [0.25, 0.3) is 0 Å². The molecule has 0 aromatic carbocycles. The third-order valence-corrected chi connectivity index (χ3v) is 4.77. The first-order valence-corrected chi connectivity index (χ1v) is 7.12. The molecule has 3 nitrogen and oxygen atoms in total. The van der Waals surface area contributed by atoms with Gasteiger partial charge in [0.15, 0.2) is 0 Å². The molecule has 17 heavy (non-hydrogen) atoms. The van der Waals surface area contributed by atoms with Crippen molar-refractivity contribution in [1.29, 1.82) is 0 Å². The number of ether oxygens (including phenoxy) is 1. The molecule has 0 aliphatic carbocycles. The number of hydrogen-bond acceptors (Lipinski definition) is 3. The summed E-state index contributed by atoms with van der Waals surface area (Å²) in [4.78, 5) is 2.56. The second-order valence-corrected chi connectivity index (χ2v) is 6.41. The summed E-state index contributed by atoms with van der Waals surface area (Å²) in [7, 11) is 0.